The number of hydrogen-bond acceptors (Lipinski definition) is 5. The molecule has 3 aliphatic carbocycles. The van der Waals surface area contributed by atoms with E-state index in [2.05, 4.69) is 15.9 Å². The van der Waals surface area contributed by atoms with Crippen LogP contribution in [0, 0.1) is 17.8 Å². The molecule has 3 unspecified atom stereocenters. The third kappa shape index (κ3) is 6.68. The molecule has 42 heavy (non-hydrogen) atoms. The van der Waals surface area contributed by atoms with Crippen molar-refractivity contribution in [2.45, 2.75) is 76.2 Å². The van der Waals surface area contributed by atoms with Gasteiger partial charge < -0.3 is 9.26 Å². The molecule has 0 radical (unpaired) electrons. The Balaban J connectivity index is 1.09. The fraction of sp³-hybridized carbons (Fsp3) is 0.484. The zero-order chi connectivity index (χ0) is 29.4. The second-order valence-electron chi connectivity index (χ2n) is 11.8. The Morgan fingerprint density at radius 2 is 1.74 bits per heavy atom. The summed E-state index contributed by atoms with van der Waals surface area (Å²) in [6.07, 6.45) is 8.75. The Bertz CT molecular complexity index is 1460. The first-order valence-electron chi connectivity index (χ1n) is 14.6. The van der Waals surface area contributed by atoms with Gasteiger partial charge in [-0.15, -0.1) is 0 Å². The maximum Gasteiger partial charge on any atom is 0.261 e. The van der Waals surface area contributed by atoms with Crippen molar-refractivity contribution in [1.82, 2.24) is 9.88 Å². The van der Waals surface area contributed by atoms with Gasteiger partial charge in [0.2, 0.25) is 5.91 Å². The van der Waals surface area contributed by atoms with E-state index in [0.29, 0.717) is 55.7 Å². The summed E-state index contributed by atoms with van der Waals surface area (Å²) in [5, 5.41) is 6.08. The van der Waals surface area contributed by atoms with E-state index in [0.717, 1.165) is 74.7 Å². The van der Waals surface area contributed by atoms with Crippen LogP contribution in [0.5, 0.6) is 5.75 Å². The van der Waals surface area contributed by atoms with E-state index in [1.165, 1.54) is 0 Å². The Labute approximate surface area is 263 Å². The molecule has 11 heteroatoms. The van der Waals surface area contributed by atoms with Crippen LogP contribution in [0.2, 0.25) is 15.1 Å². The number of halogens is 3. The minimum Gasteiger partial charge on any atom is -0.489 e. The van der Waals surface area contributed by atoms with Gasteiger partial charge in [0.05, 0.1) is 15.6 Å². The first-order valence-corrected chi connectivity index (χ1v) is 16.8. The molecule has 0 saturated heterocycles. The standard InChI is InChI=1S/C31H33Cl3N2O5S/c32-25-8-3-9-26(33)28(25)29-24(30(41-35-29)18-10-11-18)16-40-20-12-13-21(27(34)14-20)23-15-22(23)17-4-1-6-19(7-2-5-17)31(37)36-42(38)39/h3,8-9,12-14,17-19,22-23H,1-2,4-7,10-11,15-16H2,(H,36,37)(H,38,39). The predicted molar refractivity (Wildman–Crippen MR) is 164 cm³/mol. The number of nitrogens with one attached hydrogen (secondary N) is 1. The minimum absolute atomic E-state index is 0.185. The van der Waals surface area contributed by atoms with Crippen LogP contribution in [0.4, 0.5) is 0 Å². The summed E-state index contributed by atoms with van der Waals surface area (Å²) in [6, 6.07) is 11.3. The van der Waals surface area contributed by atoms with Crippen molar-refractivity contribution in [2.24, 2.45) is 17.8 Å². The van der Waals surface area contributed by atoms with Crippen LogP contribution in [-0.4, -0.2) is 19.8 Å². The van der Waals surface area contributed by atoms with E-state index >= 15 is 0 Å². The van der Waals surface area contributed by atoms with Gasteiger partial charge in [0.15, 0.2) is 0 Å². The monoisotopic (exact) mass is 650 g/mol. The average molecular weight is 652 g/mol. The van der Waals surface area contributed by atoms with Crippen molar-refractivity contribution in [3.8, 4) is 17.0 Å². The lowest BCUT2D eigenvalue weighted by molar-refractivity contribution is -0.123. The van der Waals surface area contributed by atoms with Gasteiger partial charge in [0.25, 0.3) is 11.3 Å². The fourth-order valence-electron chi connectivity index (χ4n) is 6.60. The molecule has 3 saturated carbocycles. The summed E-state index contributed by atoms with van der Waals surface area (Å²) in [5.41, 5.74) is 3.29. The quantitative estimate of drug-likeness (QED) is 0.225. The van der Waals surface area contributed by atoms with Gasteiger partial charge in [0, 0.05) is 22.4 Å². The number of nitrogens with zero attached hydrogens (tertiary/aromatic N) is 1. The smallest absolute Gasteiger partial charge is 0.261 e. The summed E-state index contributed by atoms with van der Waals surface area (Å²) in [5.74, 6) is 2.97. The normalized spacial score (nSPS) is 24.9. The van der Waals surface area contributed by atoms with Crippen molar-refractivity contribution in [3.63, 3.8) is 0 Å². The number of aromatic nitrogens is 1. The molecule has 3 aromatic rings. The van der Waals surface area contributed by atoms with Crippen molar-refractivity contribution in [1.29, 1.82) is 0 Å². The zero-order valence-corrected chi connectivity index (χ0v) is 26.1. The molecule has 2 N–H and O–H groups in total. The van der Waals surface area contributed by atoms with Crippen molar-refractivity contribution in [3.05, 3.63) is 68.4 Å². The van der Waals surface area contributed by atoms with Crippen LogP contribution in [0.1, 0.15) is 86.5 Å². The average Bonchev–Trinajstić information content (AvgIpc) is 3.86. The zero-order valence-electron chi connectivity index (χ0n) is 23.0. The molecule has 1 amide bonds. The number of carbonyl (C=O) groups excluding carboxylic acids is 1. The molecule has 6 rings (SSSR count). The van der Waals surface area contributed by atoms with Crippen LogP contribution < -0.4 is 9.46 Å². The van der Waals surface area contributed by atoms with Crippen LogP contribution in [0.3, 0.4) is 0 Å². The van der Waals surface area contributed by atoms with Crippen LogP contribution in [-0.2, 0) is 22.7 Å². The van der Waals surface area contributed by atoms with Gasteiger partial charge in [-0.3, -0.25) is 14.1 Å². The van der Waals surface area contributed by atoms with Crippen molar-refractivity contribution < 1.29 is 22.8 Å². The first kappa shape index (κ1) is 29.9. The fourth-order valence-corrected chi connectivity index (χ4v) is 7.82. The third-order valence-corrected chi connectivity index (χ3v) is 10.3. The van der Waals surface area contributed by atoms with E-state index in [4.69, 9.17) is 48.6 Å². The number of benzene rings is 2. The summed E-state index contributed by atoms with van der Waals surface area (Å²) in [4.78, 5) is 12.2. The molecule has 2 aromatic carbocycles. The Morgan fingerprint density at radius 3 is 2.38 bits per heavy atom. The summed E-state index contributed by atoms with van der Waals surface area (Å²) >= 11 is 17.5. The molecule has 7 nitrogen and oxygen atoms in total. The molecular formula is C31H33Cl3N2O5S. The van der Waals surface area contributed by atoms with Gasteiger partial charge in [-0.25, -0.2) is 4.21 Å². The SMILES string of the molecule is O=C(NS(=O)O)C1CCCC(C2CC2c2ccc(OCc3c(-c4c(Cl)cccc4Cl)noc3C3CC3)cc2Cl)CCC1. The second kappa shape index (κ2) is 12.9. The topological polar surface area (TPSA) is 102 Å². The largest absolute Gasteiger partial charge is 0.489 e. The second-order valence-corrected chi connectivity index (χ2v) is 13.7. The third-order valence-electron chi connectivity index (χ3n) is 8.98. The van der Waals surface area contributed by atoms with Crippen molar-refractivity contribution in [2.75, 3.05) is 0 Å². The van der Waals surface area contributed by atoms with E-state index in [9.17, 15) is 9.00 Å². The van der Waals surface area contributed by atoms with E-state index in [1.54, 1.807) is 18.2 Å². The lowest BCUT2D eigenvalue weighted by Crippen LogP contribution is -2.32. The number of hydrogen-bond donors (Lipinski definition) is 2. The summed E-state index contributed by atoms with van der Waals surface area (Å²) in [6.45, 7) is 0.267. The number of rotatable bonds is 9. The highest BCUT2D eigenvalue weighted by Gasteiger charge is 2.44. The molecule has 224 valence electrons. The molecule has 0 bridgehead atoms. The first-order chi connectivity index (χ1) is 20.3. The van der Waals surface area contributed by atoms with Crippen molar-refractivity contribution >= 4 is 52.0 Å². The lowest BCUT2D eigenvalue weighted by Gasteiger charge is -2.24. The van der Waals surface area contributed by atoms with E-state index in [-0.39, 0.29) is 18.4 Å². The maximum atomic E-state index is 12.2. The molecule has 3 aliphatic rings. The van der Waals surface area contributed by atoms with Gasteiger partial charge in [-0.2, -0.15) is 0 Å². The Morgan fingerprint density at radius 1 is 1.02 bits per heavy atom. The van der Waals surface area contributed by atoms with Crippen LogP contribution >= 0.6 is 34.8 Å². The molecular weight excluding hydrogens is 619 g/mol. The van der Waals surface area contributed by atoms with Crippen LogP contribution in [0.25, 0.3) is 11.3 Å². The maximum absolute atomic E-state index is 12.2. The highest BCUT2D eigenvalue weighted by Crippen LogP contribution is 2.56. The molecule has 0 spiro atoms. The predicted octanol–water partition coefficient (Wildman–Crippen LogP) is 8.70. The lowest BCUT2D eigenvalue weighted by atomic mass is 9.82. The molecule has 1 heterocycles. The Hall–Kier alpha value is -2.10. The molecule has 0 aliphatic heterocycles. The van der Waals surface area contributed by atoms with Gasteiger partial charge in [-0.1, -0.05) is 77.8 Å². The number of carbonyl (C=O) groups is 1. The van der Waals surface area contributed by atoms with Gasteiger partial charge >= 0.3 is 0 Å². The molecule has 1 aromatic heterocycles. The van der Waals surface area contributed by atoms with Gasteiger partial charge in [-0.05, 0) is 79.7 Å². The molecule has 3 fully saturated rings. The van der Waals surface area contributed by atoms with E-state index < -0.39 is 11.3 Å². The minimum atomic E-state index is -2.30. The van der Waals surface area contributed by atoms with Crippen LogP contribution in [0.15, 0.2) is 40.9 Å². The highest BCUT2D eigenvalue weighted by atomic mass is 35.5. The Kier molecular flexibility index (Phi) is 9.17. The van der Waals surface area contributed by atoms with Gasteiger partial charge in [0.1, 0.15) is 23.8 Å². The number of amides is 1. The number of ether oxygens (including phenoxy) is 1. The molecule has 3 atom stereocenters. The summed E-state index contributed by atoms with van der Waals surface area (Å²) < 4.78 is 34.0. The highest BCUT2D eigenvalue weighted by molar-refractivity contribution is 7.77. The summed E-state index contributed by atoms with van der Waals surface area (Å²) in [7, 11) is 0. The van der Waals surface area contributed by atoms with E-state index in [1.807, 2.05) is 12.1 Å².